The van der Waals surface area contributed by atoms with Gasteiger partial charge in [-0.1, -0.05) is 18.2 Å². The molecule has 0 spiro atoms. The van der Waals surface area contributed by atoms with Crippen molar-refractivity contribution in [2.45, 2.75) is 12.8 Å². The van der Waals surface area contributed by atoms with E-state index in [0.717, 1.165) is 31.6 Å². The predicted molar refractivity (Wildman–Crippen MR) is 77.3 cm³/mol. The lowest BCUT2D eigenvalue weighted by Crippen LogP contribution is -3.14. The van der Waals surface area contributed by atoms with Gasteiger partial charge in [-0.15, -0.1) is 0 Å². The van der Waals surface area contributed by atoms with Gasteiger partial charge in [-0.3, -0.25) is 9.59 Å². The lowest BCUT2D eigenvalue weighted by molar-refractivity contribution is -0.897. The van der Waals surface area contributed by atoms with E-state index in [2.05, 4.69) is 0 Å². The van der Waals surface area contributed by atoms with Crippen molar-refractivity contribution in [1.29, 1.82) is 0 Å². The van der Waals surface area contributed by atoms with Gasteiger partial charge in [0.05, 0.1) is 13.1 Å². The molecular weight excluding hydrogens is 254 g/mol. The lowest BCUT2D eigenvalue weighted by Gasteiger charge is -2.28. The Morgan fingerprint density at radius 3 is 2.40 bits per heavy atom. The first-order chi connectivity index (χ1) is 9.58. The topological polar surface area (TPSA) is 67.8 Å². The first-order valence-electron chi connectivity index (χ1n) is 7.02. The fourth-order valence-corrected chi connectivity index (χ4v) is 2.62. The van der Waals surface area contributed by atoms with Gasteiger partial charge in [0.15, 0.2) is 6.54 Å². The molecule has 0 unspecified atom stereocenters. The molecule has 2 rings (SSSR count). The number of hydrogen-bond donors (Lipinski definition) is 2. The van der Waals surface area contributed by atoms with Crippen molar-refractivity contribution >= 4 is 17.5 Å². The number of anilines is 1. The molecule has 1 fully saturated rings. The Kier molecular flexibility index (Phi) is 4.74. The van der Waals surface area contributed by atoms with Gasteiger partial charge in [0.25, 0.3) is 5.91 Å². The molecule has 5 nitrogen and oxygen atoms in total. The number of piperidine rings is 1. The van der Waals surface area contributed by atoms with Crippen molar-refractivity contribution in [2.24, 2.45) is 11.7 Å². The average molecular weight is 276 g/mol. The summed E-state index contributed by atoms with van der Waals surface area (Å²) >= 11 is 0. The van der Waals surface area contributed by atoms with E-state index in [1.165, 1.54) is 4.90 Å². The molecule has 1 aliphatic heterocycles. The molecule has 1 aliphatic rings. The van der Waals surface area contributed by atoms with Gasteiger partial charge in [-0.2, -0.15) is 0 Å². The summed E-state index contributed by atoms with van der Waals surface area (Å²) in [6, 6.07) is 9.62. The summed E-state index contributed by atoms with van der Waals surface area (Å²) in [5.74, 6) is -0.124. The second-order valence-electron chi connectivity index (χ2n) is 5.39. The molecular formula is C15H22N3O2+. The number of nitrogens with one attached hydrogen (secondary N) is 1. The van der Waals surface area contributed by atoms with Crippen LogP contribution in [-0.2, 0) is 9.59 Å². The smallest absolute Gasteiger partial charge is 0.281 e. The second kappa shape index (κ2) is 6.52. The van der Waals surface area contributed by atoms with Crippen molar-refractivity contribution in [1.82, 2.24) is 0 Å². The van der Waals surface area contributed by atoms with E-state index in [1.54, 1.807) is 11.9 Å². The molecule has 1 saturated heterocycles. The fourth-order valence-electron chi connectivity index (χ4n) is 2.62. The van der Waals surface area contributed by atoms with E-state index in [1.807, 2.05) is 30.3 Å². The van der Waals surface area contributed by atoms with Crippen molar-refractivity contribution in [3.8, 4) is 0 Å². The van der Waals surface area contributed by atoms with E-state index in [0.29, 0.717) is 6.54 Å². The molecule has 20 heavy (non-hydrogen) atoms. The molecule has 1 aromatic rings. The number of nitrogens with zero attached hydrogens (tertiary/aromatic N) is 1. The van der Waals surface area contributed by atoms with Crippen LogP contribution in [0.2, 0.25) is 0 Å². The van der Waals surface area contributed by atoms with Crippen LogP contribution in [0.4, 0.5) is 5.69 Å². The lowest BCUT2D eigenvalue weighted by atomic mass is 9.96. The number of hydrogen-bond acceptors (Lipinski definition) is 2. The van der Waals surface area contributed by atoms with Crippen LogP contribution in [0.15, 0.2) is 30.3 Å². The molecule has 3 N–H and O–H groups in total. The number of quaternary nitrogens is 1. The largest absolute Gasteiger partial charge is 0.369 e. The third kappa shape index (κ3) is 3.57. The Morgan fingerprint density at radius 1 is 1.25 bits per heavy atom. The summed E-state index contributed by atoms with van der Waals surface area (Å²) in [4.78, 5) is 26.3. The molecule has 5 heteroatoms. The Bertz CT molecular complexity index is 467. The van der Waals surface area contributed by atoms with Crippen LogP contribution in [0.3, 0.4) is 0 Å². The average Bonchev–Trinajstić information content (AvgIpc) is 2.48. The van der Waals surface area contributed by atoms with Gasteiger partial charge < -0.3 is 15.5 Å². The maximum atomic E-state index is 12.2. The Morgan fingerprint density at radius 2 is 1.85 bits per heavy atom. The monoisotopic (exact) mass is 276 g/mol. The minimum Gasteiger partial charge on any atom is -0.369 e. The molecule has 2 amide bonds. The summed E-state index contributed by atoms with van der Waals surface area (Å²) in [6.45, 7) is 2.14. The molecule has 0 radical (unpaired) electrons. The van der Waals surface area contributed by atoms with Crippen molar-refractivity contribution in [3.63, 3.8) is 0 Å². The summed E-state index contributed by atoms with van der Waals surface area (Å²) < 4.78 is 0. The van der Waals surface area contributed by atoms with Crippen molar-refractivity contribution in [2.75, 3.05) is 31.6 Å². The van der Waals surface area contributed by atoms with Gasteiger partial charge >= 0.3 is 0 Å². The SMILES string of the molecule is CN(C(=O)C[NH+]1CCC(C(N)=O)CC1)c1ccccc1. The highest BCUT2D eigenvalue weighted by molar-refractivity contribution is 5.93. The Balaban J connectivity index is 1.85. The third-order valence-electron chi connectivity index (χ3n) is 4.01. The number of primary amides is 1. The van der Waals surface area contributed by atoms with Gasteiger partial charge in [-0.05, 0) is 12.1 Å². The number of carbonyl (C=O) groups is 2. The molecule has 0 saturated carbocycles. The highest BCUT2D eigenvalue weighted by atomic mass is 16.2. The molecule has 1 aromatic carbocycles. The van der Waals surface area contributed by atoms with E-state index >= 15 is 0 Å². The number of likely N-dealkylation sites (N-methyl/N-ethyl adjacent to an activating group) is 1. The number of para-hydroxylation sites is 1. The number of likely N-dealkylation sites (tertiary alicyclic amines) is 1. The van der Waals surface area contributed by atoms with E-state index in [-0.39, 0.29) is 17.7 Å². The van der Waals surface area contributed by atoms with Gasteiger partial charge in [0.1, 0.15) is 0 Å². The highest BCUT2D eigenvalue weighted by Crippen LogP contribution is 2.11. The first kappa shape index (κ1) is 14.5. The zero-order chi connectivity index (χ0) is 14.5. The zero-order valence-electron chi connectivity index (χ0n) is 11.8. The molecule has 1 heterocycles. The van der Waals surface area contributed by atoms with Crippen LogP contribution in [0, 0.1) is 5.92 Å². The Hall–Kier alpha value is -1.88. The third-order valence-corrected chi connectivity index (χ3v) is 4.01. The number of carbonyl (C=O) groups excluding carboxylic acids is 2. The van der Waals surface area contributed by atoms with Crippen LogP contribution >= 0.6 is 0 Å². The van der Waals surface area contributed by atoms with E-state index < -0.39 is 0 Å². The normalized spacial score (nSPS) is 22.2. The standard InChI is InChI=1S/C15H21N3O2/c1-17(13-5-3-2-4-6-13)14(19)11-18-9-7-12(8-10-18)15(16)20/h2-6,12H,7-11H2,1H3,(H2,16,20)/p+1. The van der Waals surface area contributed by atoms with Gasteiger partial charge in [0.2, 0.25) is 5.91 Å². The summed E-state index contributed by atoms with van der Waals surface area (Å²) in [5, 5.41) is 0. The fraction of sp³-hybridized carbons (Fsp3) is 0.467. The quantitative estimate of drug-likeness (QED) is 0.773. The first-order valence-corrected chi connectivity index (χ1v) is 7.02. The minimum absolute atomic E-state index is 0.0132. The number of amides is 2. The van der Waals surface area contributed by atoms with E-state index in [4.69, 9.17) is 5.73 Å². The minimum atomic E-state index is -0.211. The Labute approximate surface area is 119 Å². The molecule has 0 aromatic heterocycles. The molecule has 0 aliphatic carbocycles. The van der Waals surface area contributed by atoms with E-state index in [9.17, 15) is 9.59 Å². The maximum Gasteiger partial charge on any atom is 0.281 e. The van der Waals surface area contributed by atoms with Crippen LogP contribution in [0.1, 0.15) is 12.8 Å². The molecule has 0 bridgehead atoms. The maximum absolute atomic E-state index is 12.2. The number of benzene rings is 1. The molecule has 108 valence electrons. The number of nitrogens with two attached hydrogens (primary N) is 1. The van der Waals surface area contributed by atoms with Crippen molar-refractivity contribution < 1.29 is 14.5 Å². The van der Waals surface area contributed by atoms with Gasteiger partial charge in [-0.25, -0.2) is 0 Å². The summed E-state index contributed by atoms with van der Waals surface area (Å²) in [6.07, 6.45) is 1.57. The second-order valence-corrected chi connectivity index (χ2v) is 5.39. The van der Waals surface area contributed by atoms with Gasteiger partial charge in [0, 0.05) is 31.5 Å². The number of rotatable bonds is 4. The van der Waals surface area contributed by atoms with Crippen molar-refractivity contribution in [3.05, 3.63) is 30.3 Å². The summed E-state index contributed by atoms with van der Waals surface area (Å²) in [7, 11) is 1.80. The van der Waals surface area contributed by atoms with Crippen LogP contribution < -0.4 is 15.5 Å². The predicted octanol–water partition coefficient (Wildman–Crippen LogP) is -0.570. The van der Waals surface area contributed by atoms with Crippen LogP contribution in [-0.4, -0.2) is 38.5 Å². The van der Waals surface area contributed by atoms with Crippen LogP contribution in [0.25, 0.3) is 0 Å². The van der Waals surface area contributed by atoms with Crippen LogP contribution in [0.5, 0.6) is 0 Å². The highest BCUT2D eigenvalue weighted by Gasteiger charge is 2.27. The molecule has 0 atom stereocenters. The summed E-state index contributed by atoms with van der Waals surface area (Å²) in [5.41, 5.74) is 6.22. The zero-order valence-corrected chi connectivity index (χ0v) is 11.8.